The highest BCUT2D eigenvalue weighted by Crippen LogP contribution is 2.38. The Morgan fingerprint density at radius 3 is 2.55 bits per heavy atom. The van der Waals surface area contributed by atoms with Crippen molar-refractivity contribution in [3.05, 3.63) is 27.8 Å². The third-order valence-electron chi connectivity index (χ3n) is 2.84. The van der Waals surface area contributed by atoms with Crippen LogP contribution in [0.3, 0.4) is 0 Å². The maximum Gasteiger partial charge on any atom is 0.315 e. The number of rotatable bonds is 8. The number of unbranched alkanes of at least 4 members (excludes halogenated alkanes) is 1. The molecule has 0 spiro atoms. The normalized spacial score (nSPS) is 10.2. The first-order valence-electron chi connectivity index (χ1n) is 6.57. The van der Waals surface area contributed by atoms with E-state index in [2.05, 4.69) is 0 Å². The average Bonchev–Trinajstić information content (AvgIpc) is 2.46. The van der Waals surface area contributed by atoms with Gasteiger partial charge >= 0.3 is 5.69 Å². The minimum absolute atomic E-state index is 0.0820. The summed E-state index contributed by atoms with van der Waals surface area (Å²) < 4.78 is 10.6. The highest BCUT2D eigenvalue weighted by atomic mass is 16.6. The standard InChI is InChI=1S/C14H19NO5/c1-4-6-7-20-14-11(15(17)18)8-10(12(16)5-2)9-13(14)19-3/h8-9H,4-7H2,1-3H3. The molecular weight excluding hydrogens is 262 g/mol. The lowest BCUT2D eigenvalue weighted by Crippen LogP contribution is -2.05. The molecule has 0 N–H and O–H groups in total. The Hall–Kier alpha value is -2.11. The molecule has 0 bridgehead atoms. The molecule has 1 aromatic carbocycles. The van der Waals surface area contributed by atoms with Crippen LogP contribution < -0.4 is 9.47 Å². The van der Waals surface area contributed by atoms with Gasteiger partial charge in [-0.1, -0.05) is 20.3 Å². The molecule has 6 nitrogen and oxygen atoms in total. The van der Waals surface area contributed by atoms with E-state index >= 15 is 0 Å². The number of benzene rings is 1. The molecule has 0 unspecified atom stereocenters. The zero-order chi connectivity index (χ0) is 15.1. The van der Waals surface area contributed by atoms with Gasteiger partial charge in [-0.15, -0.1) is 0 Å². The third kappa shape index (κ3) is 3.69. The summed E-state index contributed by atoms with van der Waals surface area (Å²) in [6.45, 7) is 4.07. The van der Waals surface area contributed by atoms with E-state index in [-0.39, 0.29) is 35.0 Å². The summed E-state index contributed by atoms with van der Waals surface area (Å²) >= 11 is 0. The molecule has 0 aliphatic heterocycles. The molecule has 0 aromatic heterocycles. The maximum atomic E-state index is 11.7. The zero-order valence-corrected chi connectivity index (χ0v) is 12.0. The van der Waals surface area contributed by atoms with Crippen LogP contribution in [-0.4, -0.2) is 24.4 Å². The first-order chi connectivity index (χ1) is 9.54. The molecule has 1 aromatic rings. The minimum atomic E-state index is -0.559. The van der Waals surface area contributed by atoms with Gasteiger partial charge in [0.15, 0.2) is 11.5 Å². The van der Waals surface area contributed by atoms with Crippen molar-refractivity contribution in [2.24, 2.45) is 0 Å². The summed E-state index contributed by atoms with van der Waals surface area (Å²) in [4.78, 5) is 22.3. The highest BCUT2D eigenvalue weighted by molar-refractivity contribution is 5.97. The number of Topliss-reactive ketones (excluding diaryl/α,β-unsaturated/α-hetero) is 1. The van der Waals surface area contributed by atoms with Crippen LogP contribution in [0.2, 0.25) is 0 Å². The fourth-order valence-corrected chi connectivity index (χ4v) is 1.70. The fourth-order valence-electron chi connectivity index (χ4n) is 1.70. The molecule has 1 rings (SSSR count). The van der Waals surface area contributed by atoms with Crippen LogP contribution in [0.5, 0.6) is 11.5 Å². The van der Waals surface area contributed by atoms with Crippen molar-refractivity contribution < 1.29 is 19.2 Å². The third-order valence-corrected chi connectivity index (χ3v) is 2.84. The monoisotopic (exact) mass is 281 g/mol. The number of methoxy groups -OCH3 is 1. The van der Waals surface area contributed by atoms with E-state index in [1.54, 1.807) is 6.92 Å². The molecule has 0 saturated heterocycles. The molecule has 0 aliphatic carbocycles. The van der Waals surface area contributed by atoms with Gasteiger partial charge in [-0.2, -0.15) is 0 Å². The number of ketones is 1. The van der Waals surface area contributed by atoms with Gasteiger partial charge in [-0.05, 0) is 12.5 Å². The molecule has 0 heterocycles. The summed E-state index contributed by atoms with van der Waals surface area (Å²) in [7, 11) is 1.39. The molecule has 0 radical (unpaired) electrons. The molecule has 110 valence electrons. The molecule has 20 heavy (non-hydrogen) atoms. The molecule has 6 heteroatoms. The van der Waals surface area contributed by atoms with Crippen LogP contribution in [-0.2, 0) is 0 Å². The fraction of sp³-hybridized carbons (Fsp3) is 0.500. The number of carbonyl (C=O) groups excluding carboxylic acids is 1. The first kappa shape index (κ1) is 15.9. The van der Waals surface area contributed by atoms with Crippen molar-refractivity contribution >= 4 is 11.5 Å². The Morgan fingerprint density at radius 2 is 2.05 bits per heavy atom. The van der Waals surface area contributed by atoms with Gasteiger partial charge in [-0.3, -0.25) is 14.9 Å². The SMILES string of the molecule is CCCCOc1c(OC)cc(C(=O)CC)cc1[N+](=O)[O-]. The van der Waals surface area contributed by atoms with Crippen LogP contribution >= 0.6 is 0 Å². The Balaban J connectivity index is 3.25. The van der Waals surface area contributed by atoms with Crippen molar-refractivity contribution in [3.8, 4) is 11.5 Å². The quantitative estimate of drug-likeness (QED) is 0.316. The minimum Gasteiger partial charge on any atom is -0.493 e. The predicted molar refractivity (Wildman–Crippen MR) is 74.7 cm³/mol. The van der Waals surface area contributed by atoms with E-state index in [1.807, 2.05) is 6.92 Å². The van der Waals surface area contributed by atoms with Crippen LogP contribution in [0.4, 0.5) is 5.69 Å². The predicted octanol–water partition coefficient (Wildman–Crippen LogP) is 3.38. The van der Waals surface area contributed by atoms with Crippen LogP contribution in [0.15, 0.2) is 12.1 Å². The Kier molecular flexibility index (Phi) is 5.96. The van der Waals surface area contributed by atoms with E-state index in [0.29, 0.717) is 6.61 Å². The molecule has 0 aliphatic rings. The number of ether oxygens (including phenoxy) is 2. The topological polar surface area (TPSA) is 78.7 Å². The maximum absolute atomic E-state index is 11.7. The van der Waals surface area contributed by atoms with Gasteiger partial charge in [0.05, 0.1) is 18.6 Å². The smallest absolute Gasteiger partial charge is 0.315 e. The summed E-state index contributed by atoms with van der Waals surface area (Å²) in [5, 5.41) is 11.1. The van der Waals surface area contributed by atoms with E-state index in [4.69, 9.17) is 9.47 Å². The van der Waals surface area contributed by atoms with Crippen molar-refractivity contribution in [2.45, 2.75) is 33.1 Å². The highest BCUT2D eigenvalue weighted by Gasteiger charge is 2.23. The second-order valence-electron chi connectivity index (χ2n) is 4.26. The van der Waals surface area contributed by atoms with E-state index in [9.17, 15) is 14.9 Å². The number of nitrogens with zero attached hydrogens (tertiary/aromatic N) is 1. The van der Waals surface area contributed by atoms with Gasteiger partial charge in [0.1, 0.15) is 0 Å². The van der Waals surface area contributed by atoms with E-state index in [1.165, 1.54) is 19.2 Å². The van der Waals surface area contributed by atoms with Gasteiger partial charge < -0.3 is 9.47 Å². The van der Waals surface area contributed by atoms with Crippen molar-refractivity contribution in [1.82, 2.24) is 0 Å². The number of carbonyl (C=O) groups is 1. The average molecular weight is 281 g/mol. The van der Waals surface area contributed by atoms with Crippen LogP contribution in [0, 0.1) is 10.1 Å². The van der Waals surface area contributed by atoms with E-state index in [0.717, 1.165) is 12.8 Å². The second kappa shape index (κ2) is 7.47. The van der Waals surface area contributed by atoms with E-state index < -0.39 is 4.92 Å². The lowest BCUT2D eigenvalue weighted by atomic mass is 10.1. The first-order valence-corrected chi connectivity index (χ1v) is 6.57. The summed E-state index contributed by atoms with van der Waals surface area (Å²) in [6.07, 6.45) is 1.98. The lowest BCUT2D eigenvalue weighted by molar-refractivity contribution is -0.386. The van der Waals surface area contributed by atoms with Crippen molar-refractivity contribution in [1.29, 1.82) is 0 Å². The largest absolute Gasteiger partial charge is 0.493 e. The molecule has 0 amide bonds. The summed E-state index contributed by atoms with van der Waals surface area (Å²) in [5.41, 5.74) is 0.0242. The summed E-state index contributed by atoms with van der Waals surface area (Å²) in [5.74, 6) is 0.122. The zero-order valence-electron chi connectivity index (χ0n) is 12.0. The molecular formula is C14H19NO5. The second-order valence-corrected chi connectivity index (χ2v) is 4.26. The Morgan fingerprint density at radius 1 is 1.35 bits per heavy atom. The number of nitro benzene ring substituents is 1. The molecule has 0 fully saturated rings. The molecule has 0 saturated carbocycles. The van der Waals surface area contributed by atoms with Gasteiger partial charge in [0.2, 0.25) is 5.75 Å². The number of hydrogen-bond acceptors (Lipinski definition) is 5. The Bertz CT molecular complexity index is 499. The van der Waals surface area contributed by atoms with Crippen molar-refractivity contribution in [2.75, 3.05) is 13.7 Å². The lowest BCUT2D eigenvalue weighted by Gasteiger charge is -2.12. The number of nitro groups is 1. The summed E-state index contributed by atoms with van der Waals surface area (Å²) in [6, 6.07) is 2.73. The van der Waals surface area contributed by atoms with Gasteiger partial charge in [0.25, 0.3) is 0 Å². The molecule has 0 atom stereocenters. The van der Waals surface area contributed by atoms with Gasteiger partial charge in [-0.25, -0.2) is 0 Å². The number of hydrogen-bond donors (Lipinski definition) is 0. The van der Waals surface area contributed by atoms with Crippen LogP contribution in [0.1, 0.15) is 43.5 Å². The van der Waals surface area contributed by atoms with Crippen LogP contribution in [0.25, 0.3) is 0 Å². The van der Waals surface area contributed by atoms with Gasteiger partial charge in [0, 0.05) is 18.1 Å². The Labute approximate surface area is 117 Å². The van der Waals surface area contributed by atoms with Crippen molar-refractivity contribution in [3.63, 3.8) is 0 Å².